The standard InChI is InChI=1S/C13H23N3O4/c1-3-9-4-6-16(10(8-9)12(18)19)7-5-11(17)15-13(20)14-2/h9-10H,3-8H2,1-2H3,(H,18,19)(H2,14,15,17,20). The van der Waals surface area contributed by atoms with Gasteiger partial charge in [-0.25, -0.2) is 4.79 Å². The van der Waals surface area contributed by atoms with E-state index in [1.165, 1.54) is 7.05 Å². The molecule has 1 rings (SSSR count). The van der Waals surface area contributed by atoms with Crippen molar-refractivity contribution in [3.63, 3.8) is 0 Å². The number of carboxylic acid groups (broad SMARTS) is 1. The summed E-state index contributed by atoms with van der Waals surface area (Å²) in [5.41, 5.74) is 0. The minimum atomic E-state index is -0.838. The summed E-state index contributed by atoms with van der Waals surface area (Å²) < 4.78 is 0. The summed E-state index contributed by atoms with van der Waals surface area (Å²) in [5.74, 6) is -0.798. The monoisotopic (exact) mass is 285 g/mol. The van der Waals surface area contributed by atoms with Crippen molar-refractivity contribution < 1.29 is 19.5 Å². The molecule has 7 heteroatoms. The molecule has 3 amide bonds. The lowest BCUT2D eigenvalue weighted by molar-refractivity contribution is -0.146. The van der Waals surface area contributed by atoms with Crippen LogP contribution in [0.5, 0.6) is 0 Å². The minimum absolute atomic E-state index is 0.119. The molecule has 2 atom stereocenters. The maximum Gasteiger partial charge on any atom is 0.321 e. The first-order valence-electron chi connectivity index (χ1n) is 6.96. The van der Waals surface area contributed by atoms with E-state index < -0.39 is 23.9 Å². The van der Waals surface area contributed by atoms with Gasteiger partial charge in [0, 0.05) is 20.0 Å². The van der Waals surface area contributed by atoms with Crippen molar-refractivity contribution in [2.75, 3.05) is 20.1 Å². The fourth-order valence-corrected chi connectivity index (χ4v) is 2.48. The smallest absolute Gasteiger partial charge is 0.321 e. The highest BCUT2D eigenvalue weighted by Crippen LogP contribution is 2.25. The molecule has 0 aromatic carbocycles. The average Bonchev–Trinajstić information content (AvgIpc) is 2.44. The Kier molecular flexibility index (Phi) is 6.44. The van der Waals surface area contributed by atoms with E-state index in [-0.39, 0.29) is 6.42 Å². The van der Waals surface area contributed by atoms with Crippen LogP contribution in [0, 0.1) is 5.92 Å². The van der Waals surface area contributed by atoms with Crippen molar-refractivity contribution >= 4 is 17.9 Å². The minimum Gasteiger partial charge on any atom is -0.480 e. The van der Waals surface area contributed by atoms with Gasteiger partial charge in [0.05, 0.1) is 0 Å². The number of nitrogens with zero attached hydrogens (tertiary/aromatic N) is 1. The molecule has 1 heterocycles. The zero-order valence-electron chi connectivity index (χ0n) is 12.0. The predicted molar refractivity (Wildman–Crippen MR) is 73.2 cm³/mol. The highest BCUT2D eigenvalue weighted by Gasteiger charge is 2.32. The summed E-state index contributed by atoms with van der Waals surface area (Å²) in [6, 6.07) is -1.07. The first-order chi connectivity index (χ1) is 9.47. The maximum absolute atomic E-state index is 11.5. The number of likely N-dealkylation sites (tertiary alicyclic amines) is 1. The maximum atomic E-state index is 11.5. The third-order valence-corrected chi connectivity index (χ3v) is 3.79. The quantitative estimate of drug-likeness (QED) is 0.679. The number of imide groups is 1. The number of urea groups is 1. The lowest BCUT2D eigenvalue weighted by Crippen LogP contribution is -2.48. The molecule has 1 fully saturated rings. The van der Waals surface area contributed by atoms with Gasteiger partial charge in [-0.1, -0.05) is 13.3 Å². The lowest BCUT2D eigenvalue weighted by Gasteiger charge is -2.36. The third-order valence-electron chi connectivity index (χ3n) is 3.79. The van der Waals surface area contributed by atoms with Gasteiger partial charge in [-0.05, 0) is 25.3 Å². The molecule has 1 aliphatic heterocycles. The van der Waals surface area contributed by atoms with Crippen LogP contribution >= 0.6 is 0 Å². The highest BCUT2D eigenvalue weighted by atomic mass is 16.4. The Morgan fingerprint density at radius 2 is 2.05 bits per heavy atom. The van der Waals surface area contributed by atoms with Gasteiger partial charge < -0.3 is 10.4 Å². The Hall–Kier alpha value is -1.63. The summed E-state index contributed by atoms with van der Waals surface area (Å²) in [6.07, 6.45) is 2.68. The Balaban J connectivity index is 2.47. The van der Waals surface area contributed by atoms with Crippen molar-refractivity contribution in [2.24, 2.45) is 5.92 Å². The summed E-state index contributed by atoms with van der Waals surface area (Å²) >= 11 is 0. The first-order valence-corrected chi connectivity index (χ1v) is 6.96. The second-order valence-corrected chi connectivity index (χ2v) is 5.07. The van der Waals surface area contributed by atoms with E-state index in [4.69, 9.17) is 0 Å². The van der Waals surface area contributed by atoms with Gasteiger partial charge in [0.15, 0.2) is 0 Å². The number of hydrogen-bond donors (Lipinski definition) is 3. The number of hydrogen-bond acceptors (Lipinski definition) is 4. The second kappa shape index (κ2) is 7.84. The van der Waals surface area contributed by atoms with E-state index in [0.29, 0.717) is 25.4 Å². The van der Waals surface area contributed by atoms with E-state index >= 15 is 0 Å². The van der Waals surface area contributed by atoms with E-state index in [1.54, 1.807) is 0 Å². The van der Waals surface area contributed by atoms with Crippen LogP contribution in [0.1, 0.15) is 32.6 Å². The van der Waals surface area contributed by atoms with E-state index in [1.807, 2.05) is 4.90 Å². The molecule has 0 radical (unpaired) electrons. The molecule has 0 saturated carbocycles. The molecule has 0 spiro atoms. The number of rotatable bonds is 5. The number of carboxylic acids is 1. The molecule has 1 saturated heterocycles. The van der Waals surface area contributed by atoms with Crippen molar-refractivity contribution in [3.05, 3.63) is 0 Å². The molecule has 0 aliphatic carbocycles. The van der Waals surface area contributed by atoms with Crippen LogP contribution in [0.4, 0.5) is 4.79 Å². The molecule has 0 bridgehead atoms. The second-order valence-electron chi connectivity index (χ2n) is 5.07. The summed E-state index contributed by atoms with van der Waals surface area (Å²) in [5, 5.41) is 13.7. The van der Waals surface area contributed by atoms with Gasteiger partial charge >= 0.3 is 12.0 Å². The van der Waals surface area contributed by atoms with Gasteiger partial charge in [-0.2, -0.15) is 0 Å². The highest BCUT2D eigenvalue weighted by molar-refractivity contribution is 5.94. The fourth-order valence-electron chi connectivity index (χ4n) is 2.48. The van der Waals surface area contributed by atoms with E-state index in [0.717, 1.165) is 12.8 Å². The van der Waals surface area contributed by atoms with Crippen LogP contribution in [0.15, 0.2) is 0 Å². The molecule has 3 N–H and O–H groups in total. The van der Waals surface area contributed by atoms with Gasteiger partial charge in [-0.15, -0.1) is 0 Å². The van der Waals surface area contributed by atoms with Crippen LogP contribution in [0.25, 0.3) is 0 Å². The topological polar surface area (TPSA) is 98.7 Å². The van der Waals surface area contributed by atoms with Gasteiger partial charge in [0.1, 0.15) is 6.04 Å². The number of nitrogens with one attached hydrogen (secondary N) is 2. The van der Waals surface area contributed by atoms with E-state index in [9.17, 15) is 19.5 Å². The van der Waals surface area contributed by atoms with E-state index in [2.05, 4.69) is 17.6 Å². The molecule has 2 unspecified atom stereocenters. The number of carbonyl (C=O) groups excluding carboxylic acids is 2. The Labute approximate surface area is 118 Å². The predicted octanol–water partition coefficient (Wildman–Crippen LogP) is 0.407. The molecule has 20 heavy (non-hydrogen) atoms. The average molecular weight is 285 g/mol. The number of amides is 3. The van der Waals surface area contributed by atoms with Crippen LogP contribution < -0.4 is 10.6 Å². The number of aliphatic carboxylic acids is 1. The van der Waals surface area contributed by atoms with Crippen molar-refractivity contribution in [1.29, 1.82) is 0 Å². The number of piperidine rings is 1. The normalized spacial score (nSPS) is 23.1. The lowest BCUT2D eigenvalue weighted by atomic mass is 9.89. The molecule has 1 aliphatic rings. The zero-order valence-corrected chi connectivity index (χ0v) is 12.0. The van der Waals surface area contributed by atoms with Crippen molar-refractivity contribution in [3.8, 4) is 0 Å². The molecule has 7 nitrogen and oxygen atoms in total. The largest absolute Gasteiger partial charge is 0.480 e. The van der Waals surface area contributed by atoms with Gasteiger partial charge in [0.25, 0.3) is 0 Å². The summed E-state index contributed by atoms with van der Waals surface area (Å²) in [4.78, 5) is 35.6. The molecule has 0 aromatic heterocycles. The fraction of sp³-hybridized carbons (Fsp3) is 0.769. The molecule has 114 valence electrons. The zero-order chi connectivity index (χ0) is 15.1. The molecule has 0 aromatic rings. The Morgan fingerprint density at radius 1 is 1.35 bits per heavy atom. The van der Waals surface area contributed by atoms with Crippen LogP contribution in [0.2, 0.25) is 0 Å². The van der Waals surface area contributed by atoms with Gasteiger partial charge in [0.2, 0.25) is 5.91 Å². The Morgan fingerprint density at radius 3 is 2.60 bits per heavy atom. The molecular weight excluding hydrogens is 262 g/mol. The van der Waals surface area contributed by atoms with Gasteiger partial charge in [-0.3, -0.25) is 19.8 Å². The summed E-state index contributed by atoms with van der Waals surface area (Å²) in [7, 11) is 1.43. The summed E-state index contributed by atoms with van der Waals surface area (Å²) in [6.45, 7) is 3.11. The van der Waals surface area contributed by atoms with Crippen molar-refractivity contribution in [2.45, 2.75) is 38.6 Å². The number of carbonyl (C=O) groups is 3. The SMILES string of the molecule is CCC1CCN(CCC(=O)NC(=O)NC)C(C(=O)O)C1. The molecular formula is C13H23N3O4. The third kappa shape index (κ3) is 4.80. The van der Waals surface area contributed by atoms with Crippen LogP contribution in [-0.4, -0.2) is 54.1 Å². The van der Waals surface area contributed by atoms with Crippen molar-refractivity contribution in [1.82, 2.24) is 15.5 Å². The Bertz CT molecular complexity index is 373. The van der Waals surface area contributed by atoms with Crippen LogP contribution in [-0.2, 0) is 9.59 Å². The first kappa shape index (κ1) is 16.4. The van der Waals surface area contributed by atoms with Crippen LogP contribution in [0.3, 0.4) is 0 Å².